The third-order valence-corrected chi connectivity index (χ3v) is 3.96. The van der Waals surface area contributed by atoms with Gasteiger partial charge in [-0.25, -0.2) is 15.0 Å². The number of rotatable bonds is 6. The van der Waals surface area contributed by atoms with E-state index in [0.717, 1.165) is 5.56 Å². The van der Waals surface area contributed by atoms with Crippen LogP contribution in [0.25, 0.3) is 0 Å². The van der Waals surface area contributed by atoms with Gasteiger partial charge in [0.15, 0.2) is 5.13 Å². The summed E-state index contributed by atoms with van der Waals surface area (Å²) in [5, 5.41) is 19.6. The lowest BCUT2D eigenvalue weighted by atomic mass is 10.2. The molecule has 0 aliphatic heterocycles. The Morgan fingerprint density at radius 3 is 2.60 bits per heavy atom. The summed E-state index contributed by atoms with van der Waals surface area (Å²) in [6.45, 7) is 1.91. The van der Waals surface area contributed by atoms with Crippen molar-refractivity contribution in [2.75, 3.05) is 17.7 Å². The molecule has 0 fully saturated rings. The average Bonchev–Trinajstić information content (AvgIpc) is 3.08. The van der Waals surface area contributed by atoms with E-state index in [-0.39, 0.29) is 17.3 Å². The van der Waals surface area contributed by atoms with Gasteiger partial charge in [-0.1, -0.05) is 6.07 Å². The number of aryl methyl sites for hydroxylation is 1. The van der Waals surface area contributed by atoms with E-state index in [1.807, 2.05) is 19.1 Å². The number of aromatic nitrogens is 3. The quantitative estimate of drug-likeness (QED) is 0.507. The molecule has 2 heterocycles. The summed E-state index contributed by atoms with van der Waals surface area (Å²) in [5.41, 5.74) is 1.27. The third-order valence-electron chi connectivity index (χ3n) is 3.27. The van der Waals surface area contributed by atoms with Gasteiger partial charge in [-0.2, -0.15) is 0 Å². The number of thiazole rings is 1. The van der Waals surface area contributed by atoms with Crippen molar-refractivity contribution in [1.82, 2.24) is 15.0 Å². The molecule has 2 aromatic heterocycles. The fourth-order valence-electron chi connectivity index (χ4n) is 2.17. The highest BCUT2D eigenvalue weighted by atomic mass is 32.1. The summed E-state index contributed by atoms with van der Waals surface area (Å²) in [4.78, 5) is 23.1. The molecule has 0 amide bonds. The van der Waals surface area contributed by atoms with E-state index in [9.17, 15) is 10.1 Å². The second-order valence-electron chi connectivity index (χ2n) is 4.97. The number of nitro groups is 1. The summed E-state index contributed by atoms with van der Waals surface area (Å²) in [6, 6.07) is 5.48. The molecule has 3 aromatic rings. The minimum atomic E-state index is -0.541. The van der Waals surface area contributed by atoms with E-state index < -0.39 is 4.92 Å². The van der Waals surface area contributed by atoms with Gasteiger partial charge in [0.1, 0.15) is 12.1 Å². The van der Waals surface area contributed by atoms with Crippen LogP contribution in [0.15, 0.2) is 36.1 Å². The van der Waals surface area contributed by atoms with Crippen LogP contribution in [-0.4, -0.2) is 27.0 Å². The Bertz CT molecular complexity index is 900. The Morgan fingerprint density at radius 1 is 1.20 bits per heavy atom. The first-order valence-corrected chi connectivity index (χ1v) is 8.04. The molecule has 25 heavy (non-hydrogen) atoms. The molecule has 0 saturated heterocycles. The topological polar surface area (TPSA) is 115 Å². The normalized spacial score (nSPS) is 10.3. The number of hydrogen-bond acceptors (Lipinski definition) is 9. The smallest absolute Gasteiger partial charge is 0.353 e. The van der Waals surface area contributed by atoms with E-state index in [0.29, 0.717) is 16.6 Å². The van der Waals surface area contributed by atoms with Crippen LogP contribution >= 0.6 is 11.3 Å². The molecule has 0 bridgehead atoms. The molecular formula is C15H14N6O3S. The zero-order valence-electron chi connectivity index (χ0n) is 13.4. The van der Waals surface area contributed by atoms with Crippen LogP contribution < -0.4 is 15.4 Å². The Labute approximate surface area is 146 Å². The summed E-state index contributed by atoms with van der Waals surface area (Å²) in [7, 11) is 1.53. The van der Waals surface area contributed by atoms with Crippen molar-refractivity contribution in [3.8, 4) is 5.75 Å². The summed E-state index contributed by atoms with van der Waals surface area (Å²) < 4.78 is 5.29. The standard InChI is InChI=1S/C15H14N6O3S/c1-9-3-4-11(24-2)10(7-9)19-13-12(21(22)23)14(18-8-17-13)20-15-16-5-6-25-15/h3-8H,1-2H3,(H2,16,17,18,19,20). The molecule has 1 aromatic carbocycles. The Kier molecular flexibility index (Phi) is 4.70. The van der Waals surface area contributed by atoms with Gasteiger partial charge in [0, 0.05) is 11.6 Å². The van der Waals surface area contributed by atoms with E-state index in [2.05, 4.69) is 25.6 Å². The largest absolute Gasteiger partial charge is 0.495 e. The van der Waals surface area contributed by atoms with Crippen molar-refractivity contribution >= 4 is 39.5 Å². The minimum absolute atomic E-state index is 0.0583. The number of nitrogens with zero attached hydrogens (tertiary/aromatic N) is 4. The predicted molar refractivity (Wildman–Crippen MR) is 95.1 cm³/mol. The summed E-state index contributed by atoms with van der Waals surface area (Å²) >= 11 is 1.31. The van der Waals surface area contributed by atoms with Crippen LogP contribution in [0.1, 0.15) is 5.56 Å². The van der Waals surface area contributed by atoms with E-state index in [1.165, 1.54) is 24.8 Å². The fourth-order valence-corrected chi connectivity index (χ4v) is 2.70. The summed E-state index contributed by atoms with van der Waals surface area (Å²) in [5.74, 6) is 0.667. The number of hydrogen-bond donors (Lipinski definition) is 2. The molecule has 9 nitrogen and oxygen atoms in total. The number of benzene rings is 1. The van der Waals surface area contributed by atoms with Gasteiger partial charge >= 0.3 is 5.69 Å². The first-order valence-electron chi connectivity index (χ1n) is 7.16. The van der Waals surface area contributed by atoms with Crippen LogP contribution in [0.5, 0.6) is 5.75 Å². The van der Waals surface area contributed by atoms with Crippen molar-refractivity contribution < 1.29 is 9.66 Å². The highest BCUT2D eigenvalue weighted by Gasteiger charge is 2.24. The number of nitrogens with one attached hydrogen (secondary N) is 2. The lowest BCUT2D eigenvalue weighted by Crippen LogP contribution is -2.06. The maximum Gasteiger partial charge on any atom is 0.353 e. The Balaban J connectivity index is 2.01. The number of anilines is 4. The van der Waals surface area contributed by atoms with E-state index in [1.54, 1.807) is 17.6 Å². The maximum atomic E-state index is 11.6. The second kappa shape index (κ2) is 7.09. The molecule has 0 aliphatic carbocycles. The molecule has 2 N–H and O–H groups in total. The maximum absolute atomic E-state index is 11.6. The molecular weight excluding hydrogens is 344 g/mol. The van der Waals surface area contributed by atoms with E-state index >= 15 is 0 Å². The van der Waals surface area contributed by atoms with Gasteiger partial charge < -0.3 is 15.4 Å². The van der Waals surface area contributed by atoms with Gasteiger partial charge in [-0.15, -0.1) is 11.3 Å². The fraction of sp³-hybridized carbons (Fsp3) is 0.133. The van der Waals surface area contributed by atoms with Crippen molar-refractivity contribution in [2.24, 2.45) is 0 Å². The molecule has 0 saturated carbocycles. The lowest BCUT2D eigenvalue weighted by Gasteiger charge is -2.12. The van der Waals surface area contributed by atoms with Crippen LogP contribution in [0.4, 0.5) is 28.1 Å². The third kappa shape index (κ3) is 3.63. The number of ether oxygens (including phenoxy) is 1. The van der Waals surface area contributed by atoms with Crippen LogP contribution in [0, 0.1) is 17.0 Å². The Hall–Kier alpha value is -3.27. The lowest BCUT2D eigenvalue weighted by molar-refractivity contribution is -0.383. The van der Waals surface area contributed by atoms with Gasteiger partial charge in [0.05, 0.1) is 17.7 Å². The molecule has 3 rings (SSSR count). The SMILES string of the molecule is COc1ccc(C)cc1Nc1ncnc(Nc2nccs2)c1[N+](=O)[O-]. The monoisotopic (exact) mass is 358 g/mol. The molecule has 0 radical (unpaired) electrons. The summed E-state index contributed by atoms with van der Waals surface area (Å²) in [6.07, 6.45) is 2.84. The number of methoxy groups -OCH3 is 1. The predicted octanol–water partition coefficient (Wildman–Crippen LogP) is 3.65. The minimum Gasteiger partial charge on any atom is -0.495 e. The van der Waals surface area contributed by atoms with Gasteiger partial charge in [-0.3, -0.25) is 10.1 Å². The zero-order valence-corrected chi connectivity index (χ0v) is 14.2. The second-order valence-corrected chi connectivity index (χ2v) is 5.86. The van der Waals surface area contributed by atoms with E-state index in [4.69, 9.17) is 4.74 Å². The van der Waals surface area contributed by atoms with Gasteiger partial charge in [0.2, 0.25) is 11.6 Å². The first-order chi connectivity index (χ1) is 12.1. The van der Waals surface area contributed by atoms with Gasteiger partial charge in [0.25, 0.3) is 0 Å². The molecule has 0 spiro atoms. The van der Waals surface area contributed by atoms with Crippen molar-refractivity contribution in [3.63, 3.8) is 0 Å². The molecule has 0 atom stereocenters. The van der Waals surface area contributed by atoms with Crippen LogP contribution in [0.2, 0.25) is 0 Å². The van der Waals surface area contributed by atoms with Crippen LogP contribution in [-0.2, 0) is 0 Å². The Morgan fingerprint density at radius 2 is 1.96 bits per heavy atom. The molecule has 0 unspecified atom stereocenters. The van der Waals surface area contributed by atoms with Crippen molar-refractivity contribution in [1.29, 1.82) is 0 Å². The van der Waals surface area contributed by atoms with Gasteiger partial charge in [-0.05, 0) is 24.6 Å². The van der Waals surface area contributed by atoms with Crippen LogP contribution in [0.3, 0.4) is 0 Å². The van der Waals surface area contributed by atoms with Crippen molar-refractivity contribution in [2.45, 2.75) is 6.92 Å². The highest BCUT2D eigenvalue weighted by Crippen LogP contribution is 2.35. The first kappa shape index (κ1) is 16.6. The molecule has 0 aliphatic rings. The van der Waals surface area contributed by atoms with Crippen molar-refractivity contribution in [3.05, 3.63) is 51.8 Å². The average molecular weight is 358 g/mol. The highest BCUT2D eigenvalue weighted by molar-refractivity contribution is 7.13. The molecule has 10 heteroatoms. The molecule has 128 valence electrons. The zero-order chi connectivity index (χ0) is 17.8.